The molecule has 0 heterocycles. The fourth-order valence-electron chi connectivity index (χ4n) is 3.24. The summed E-state index contributed by atoms with van der Waals surface area (Å²) in [7, 11) is 0. The van der Waals surface area contributed by atoms with Gasteiger partial charge in [-0.3, -0.25) is 4.79 Å². The number of hydrogen-bond acceptors (Lipinski definition) is 2. The molecular weight excluding hydrogens is 280 g/mol. The van der Waals surface area contributed by atoms with Gasteiger partial charge in [-0.1, -0.05) is 70.2 Å². The second-order valence-corrected chi connectivity index (χ2v) is 7.46. The van der Waals surface area contributed by atoms with Crippen LogP contribution in [-0.2, 0) is 4.79 Å². The van der Waals surface area contributed by atoms with Gasteiger partial charge in [-0.25, -0.2) is 0 Å². The number of benzene rings is 1. The van der Waals surface area contributed by atoms with E-state index >= 15 is 0 Å². The van der Waals surface area contributed by atoms with Crippen molar-refractivity contribution >= 4 is 23.1 Å². The van der Waals surface area contributed by atoms with E-state index in [1.807, 2.05) is 30.3 Å². The van der Waals surface area contributed by atoms with E-state index < -0.39 is 5.92 Å². The van der Waals surface area contributed by atoms with Crippen LogP contribution in [0.2, 0.25) is 0 Å². The Bertz CT molecular complexity index is 537. The number of carbonyl (C=O) groups excluding carboxylic acids is 1. The van der Waals surface area contributed by atoms with E-state index in [2.05, 4.69) is 33.0 Å². The number of rotatable bonds is 5. The lowest BCUT2D eigenvalue weighted by Gasteiger charge is -2.16. The van der Waals surface area contributed by atoms with Crippen LogP contribution in [0, 0.1) is 16.7 Å². The van der Waals surface area contributed by atoms with Gasteiger partial charge in [0.25, 0.3) is 0 Å². The molecule has 0 bridgehead atoms. The number of carbonyl (C=O) groups is 1. The van der Waals surface area contributed by atoms with Crippen LogP contribution in [0.4, 0.5) is 0 Å². The highest BCUT2D eigenvalue weighted by atomic mass is 32.1. The van der Waals surface area contributed by atoms with Crippen LogP contribution in [0.1, 0.15) is 39.2 Å². The Morgan fingerprint density at radius 1 is 1.24 bits per heavy atom. The van der Waals surface area contributed by atoms with E-state index in [-0.39, 0.29) is 21.7 Å². The maximum absolute atomic E-state index is 12.5. The smallest absolute Gasteiger partial charge is 0.234 e. The first-order valence-electron chi connectivity index (χ1n) is 7.31. The van der Waals surface area contributed by atoms with E-state index in [1.165, 1.54) is 0 Å². The molecule has 2 rings (SSSR count). The summed E-state index contributed by atoms with van der Waals surface area (Å²) in [6.45, 7) is 9.64. The average Bonchev–Trinajstić information content (AvgIpc) is 2.78. The van der Waals surface area contributed by atoms with Gasteiger partial charge in [-0.05, 0) is 22.3 Å². The first kappa shape index (κ1) is 16.0. The van der Waals surface area contributed by atoms with Crippen molar-refractivity contribution in [2.75, 3.05) is 6.54 Å². The summed E-state index contributed by atoms with van der Waals surface area (Å²) in [6.07, 6.45) is 0. The lowest BCUT2D eigenvalue weighted by molar-refractivity contribution is -0.121. The second kappa shape index (κ2) is 5.41. The van der Waals surface area contributed by atoms with E-state index in [1.54, 1.807) is 0 Å². The minimum atomic E-state index is -0.550. The van der Waals surface area contributed by atoms with Crippen LogP contribution in [0.15, 0.2) is 30.3 Å². The molecule has 3 N–H and O–H groups in total. The summed E-state index contributed by atoms with van der Waals surface area (Å²) in [6, 6.07) is 9.46. The van der Waals surface area contributed by atoms with Gasteiger partial charge in [0.15, 0.2) is 0 Å². The Balaban J connectivity index is 2.03. The molecule has 1 fully saturated rings. The third-order valence-corrected chi connectivity index (χ3v) is 5.72. The molecule has 1 aliphatic rings. The summed E-state index contributed by atoms with van der Waals surface area (Å²) >= 11 is 5.08. The zero-order valence-electron chi connectivity index (χ0n) is 13.1. The van der Waals surface area contributed by atoms with E-state index in [9.17, 15) is 4.79 Å². The van der Waals surface area contributed by atoms with Gasteiger partial charge < -0.3 is 11.1 Å². The molecule has 1 amide bonds. The molecule has 0 aromatic heterocycles. The molecule has 0 saturated heterocycles. The molecule has 21 heavy (non-hydrogen) atoms. The first-order valence-corrected chi connectivity index (χ1v) is 7.72. The maximum atomic E-state index is 12.5. The molecule has 1 aromatic rings. The third kappa shape index (κ3) is 2.82. The van der Waals surface area contributed by atoms with Crippen molar-refractivity contribution in [1.82, 2.24) is 5.32 Å². The molecule has 1 atom stereocenters. The summed E-state index contributed by atoms with van der Waals surface area (Å²) in [5, 5.41) is 3.03. The van der Waals surface area contributed by atoms with Crippen LogP contribution in [0.5, 0.6) is 0 Å². The van der Waals surface area contributed by atoms with Crippen LogP contribution >= 0.6 is 12.2 Å². The normalized spacial score (nSPS) is 20.6. The number of nitrogens with two attached hydrogens (primary N) is 1. The highest BCUT2D eigenvalue weighted by molar-refractivity contribution is 7.80. The van der Waals surface area contributed by atoms with Gasteiger partial charge >= 0.3 is 0 Å². The van der Waals surface area contributed by atoms with Crippen LogP contribution in [0.25, 0.3) is 0 Å². The van der Waals surface area contributed by atoms with Crippen molar-refractivity contribution in [3.8, 4) is 0 Å². The molecule has 114 valence electrons. The number of nitrogens with one attached hydrogen (secondary N) is 1. The van der Waals surface area contributed by atoms with Crippen molar-refractivity contribution < 1.29 is 4.79 Å². The highest BCUT2D eigenvalue weighted by Crippen LogP contribution is 2.67. The lowest BCUT2D eigenvalue weighted by Crippen LogP contribution is -2.37. The average molecular weight is 304 g/mol. The molecule has 0 spiro atoms. The van der Waals surface area contributed by atoms with Gasteiger partial charge in [0.2, 0.25) is 5.91 Å². The number of hydrogen-bond donors (Lipinski definition) is 2. The molecular formula is C17H24N2OS. The predicted molar refractivity (Wildman–Crippen MR) is 90.0 cm³/mol. The summed E-state index contributed by atoms with van der Waals surface area (Å²) in [5.74, 6) is -0.171. The first-order chi connectivity index (χ1) is 9.69. The van der Waals surface area contributed by atoms with Crippen molar-refractivity contribution in [3.05, 3.63) is 35.9 Å². The van der Waals surface area contributed by atoms with E-state index in [4.69, 9.17) is 18.0 Å². The molecule has 0 radical (unpaired) electrons. The SMILES string of the molecule is CC1(C)C(CNC(=O)C(C(N)=S)c2ccccc2)C1(C)C. The largest absolute Gasteiger partial charge is 0.392 e. The fraction of sp³-hybridized carbons (Fsp3) is 0.529. The Labute approximate surface area is 132 Å². The van der Waals surface area contributed by atoms with E-state index in [0.29, 0.717) is 12.5 Å². The van der Waals surface area contributed by atoms with Gasteiger partial charge in [-0.2, -0.15) is 0 Å². The van der Waals surface area contributed by atoms with Gasteiger partial charge in [0.05, 0.1) is 4.99 Å². The van der Waals surface area contributed by atoms with Crippen LogP contribution < -0.4 is 11.1 Å². The van der Waals surface area contributed by atoms with Crippen molar-refractivity contribution in [2.24, 2.45) is 22.5 Å². The Hall–Kier alpha value is -1.42. The monoisotopic (exact) mass is 304 g/mol. The second-order valence-electron chi connectivity index (χ2n) is 6.99. The van der Waals surface area contributed by atoms with E-state index in [0.717, 1.165) is 5.56 Å². The van der Waals surface area contributed by atoms with Gasteiger partial charge in [0, 0.05) is 6.54 Å². The molecule has 4 heteroatoms. The number of thiocarbonyl (C=S) groups is 1. The minimum absolute atomic E-state index is 0.104. The summed E-state index contributed by atoms with van der Waals surface area (Å²) in [5.41, 5.74) is 7.12. The topological polar surface area (TPSA) is 55.1 Å². The van der Waals surface area contributed by atoms with Crippen molar-refractivity contribution in [3.63, 3.8) is 0 Å². The van der Waals surface area contributed by atoms with Crippen LogP contribution in [-0.4, -0.2) is 17.4 Å². The fourth-order valence-corrected chi connectivity index (χ4v) is 3.48. The molecule has 1 aromatic carbocycles. The quantitative estimate of drug-likeness (QED) is 0.823. The number of amides is 1. The predicted octanol–water partition coefficient (Wildman–Crippen LogP) is 2.85. The zero-order valence-corrected chi connectivity index (χ0v) is 14.0. The molecule has 0 aliphatic heterocycles. The molecule has 3 nitrogen and oxygen atoms in total. The molecule has 1 unspecified atom stereocenters. The maximum Gasteiger partial charge on any atom is 0.234 e. The Kier molecular flexibility index (Phi) is 4.11. The summed E-state index contributed by atoms with van der Waals surface area (Å²) in [4.78, 5) is 12.7. The minimum Gasteiger partial charge on any atom is -0.392 e. The Morgan fingerprint density at radius 3 is 2.19 bits per heavy atom. The van der Waals surface area contributed by atoms with Crippen molar-refractivity contribution in [1.29, 1.82) is 0 Å². The van der Waals surface area contributed by atoms with Gasteiger partial charge in [0.1, 0.15) is 5.92 Å². The molecule has 1 saturated carbocycles. The molecule has 1 aliphatic carbocycles. The lowest BCUT2D eigenvalue weighted by atomic mass is 9.98. The standard InChI is InChI=1S/C17H24N2OS/c1-16(2)12(17(16,3)4)10-19-15(20)13(14(18)21)11-8-6-5-7-9-11/h5-9,12-13H,10H2,1-4H3,(H2,18,21)(H,19,20). The zero-order chi connectivity index (χ0) is 15.8. The third-order valence-electron chi connectivity index (χ3n) is 5.48. The van der Waals surface area contributed by atoms with Crippen LogP contribution in [0.3, 0.4) is 0 Å². The Morgan fingerprint density at radius 2 is 1.76 bits per heavy atom. The van der Waals surface area contributed by atoms with Gasteiger partial charge in [-0.15, -0.1) is 0 Å². The summed E-state index contributed by atoms with van der Waals surface area (Å²) < 4.78 is 0. The van der Waals surface area contributed by atoms with Crippen molar-refractivity contribution in [2.45, 2.75) is 33.6 Å². The highest BCUT2D eigenvalue weighted by Gasteiger charge is 2.64.